The van der Waals surface area contributed by atoms with Crippen molar-refractivity contribution in [2.24, 2.45) is 0 Å². The molecule has 0 aliphatic carbocycles. The number of ether oxygens (including phenoxy) is 1. The minimum Gasteiger partial charge on any atom is -0.457 e. The highest BCUT2D eigenvalue weighted by molar-refractivity contribution is 6.30. The third-order valence-electron chi connectivity index (χ3n) is 2.79. The monoisotopic (exact) mass is 293 g/mol. The number of hydrogen-bond acceptors (Lipinski definition) is 2. The van der Waals surface area contributed by atoms with Gasteiger partial charge in [-0.15, -0.1) is 0 Å². The zero-order chi connectivity index (χ0) is 14.5. The minimum atomic E-state index is -0.450. The molecule has 0 aliphatic heterocycles. The van der Waals surface area contributed by atoms with Gasteiger partial charge in [-0.3, -0.25) is 0 Å². The van der Waals surface area contributed by atoms with Crippen LogP contribution in [0.15, 0.2) is 42.5 Å². The van der Waals surface area contributed by atoms with E-state index in [0.717, 1.165) is 11.3 Å². The van der Waals surface area contributed by atoms with E-state index in [4.69, 9.17) is 16.3 Å². The summed E-state index contributed by atoms with van der Waals surface area (Å²) in [7, 11) is 0. The third kappa shape index (κ3) is 3.95. The fourth-order valence-corrected chi connectivity index (χ4v) is 1.90. The van der Waals surface area contributed by atoms with Gasteiger partial charge in [0.1, 0.15) is 17.3 Å². The highest BCUT2D eigenvalue weighted by atomic mass is 35.5. The van der Waals surface area contributed by atoms with Crippen molar-refractivity contribution in [1.29, 1.82) is 0 Å². The predicted octanol–water partition coefficient (Wildman–Crippen LogP) is 4.77. The molecule has 0 unspecified atom stereocenters. The molecule has 0 aliphatic rings. The van der Waals surface area contributed by atoms with Crippen LogP contribution in [0.5, 0.6) is 11.5 Å². The molecule has 106 valence electrons. The van der Waals surface area contributed by atoms with E-state index in [1.54, 1.807) is 6.07 Å². The molecule has 2 nitrogen and oxygen atoms in total. The van der Waals surface area contributed by atoms with Crippen molar-refractivity contribution in [3.05, 3.63) is 58.9 Å². The van der Waals surface area contributed by atoms with Crippen LogP contribution in [0.2, 0.25) is 5.02 Å². The van der Waals surface area contributed by atoms with E-state index in [1.165, 1.54) is 12.1 Å². The van der Waals surface area contributed by atoms with E-state index in [0.29, 0.717) is 18.3 Å². The summed E-state index contributed by atoms with van der Waals surface area (Å²) in [6.07, 6.45) is 0. The molecule has 0 aromatic heterocycles. The molecule has 1 N–H and O–H groups in total. The van der Waals surface area contributed by atoms with Crippen molar-refractivity contribution in [1.82, 2.24) is 5.32 Å². The molecule has 0 spiro atoms. The summed E-state index contributed by atoms with van der Waals surface area (Å²) >= 11 is 5.76. The number of hydrogen-bond donors (Lipinski definition) is 1. The van der Waals surface area contributed by atoms with Gasteiger partial charge >= 0.3 is 0 Å². The predicted molar refractivity (Wildman–Crippen MR) is 79.9 cm³/mol. The first-order chi connectivity index (χ1) is 9.56. The van der Waals surface area contributed by atoms with Crippen LogP contribution in [0.3, 0.4) is 0 Å². The van der Waals surface area contributed by atoms with Crippen LogP contribution in [0, 0.1) is 5.82 Å². The summed E-state index contributed by atoms with van der Waals surface area (Å²) < 4.78 is 18.9. The van der Waals surface area contributed by atoms with Crippen LogP contribution in [0.4, 0.5) is 4.39 Å². The first-order valence-electron chi connectivity index (χ1n) is 6.50. The summed E-state index contributed by atoms with van der Waals surface area (Å²) in [5.41, 5.74) is 1.04. The van der Waals surface area contributed by atoms with Crippen molar-refractivity contribution in [2.45, 2.75) is 26.4 Å². The number of nitrogens with one attached hydrogen (secondary N) is 1. The lowest BCUT2D eigenvalue weighted by Gasteiger charge is -2.13. The molecule has 2 rings (SSSR count). The molecule has 0 saturated heterocycles. The molecular weight excluding hydrogens is 277 g/mol. The number of benzene rings is 2. The van der Waals surface area contributed by atoms with Crippen molar-refractivity contribution in [3.8, 4) is 11.5 Å². The highest BCUT2D eigenvalue weighted by Gasteiger charge is 2.07. The lowest BCUT2D eigenvalue weighted by Crippen LogP contribution is -2.22. The van der Waals surface area contributed by atoms with Gasteiger partial charge < -0.3 is 10.1 Å². The topological polar surface area (TPSA) is 21.3 Å². The lowest BCUT2D eigenvalue weighted by atomic mass is 10.2. The van der Waals surface area contributed by atoms with E-state index in [9.17, 15) is 4.39 Å². The Balaban J connectivity index is 2.17. The highest BCUT2D eigenvalue weighted by Crippen LogP contribution is 2.28. The Morgan fingerprint density at radius 2 is 1.95 bits per heavy atom. The van der Waals surface area contributed by atoms with E-state index in [1.807, 2.05) is 24.3 Å². The van der Waals surface area contributed by atoms with Gasteiger partial charge in [0.2, 0.25) is 0 Å². The average Bonchev–Trinajstić information content (AvgIpc) is 2.42. The normalized spacial score (nSPS) is 10.8. The Labute approximate surface area is 123 Å². The van der Waals surface area contributed by atoms with Crippen molar-refractivity contribution >= 4 is 11.6 Å². The zero-order valence-electron chi connectivity index (χ0n) is 11.5. The molecule has 0 bridgehead atoms. The second kappa shape index (κ2) is 6.73. The Bertz CT molecular complexity index is 586. The van der Waals surface area contributed by atoms with Crippen LogP contribution in [0.1, 0.15) is 19.4 Å². The molecule has 2 aromatic carbocycles. The fraction of sp³-hybridized carbons (Fsp3) is 0.250. The second-order valence-corrected chi connectivity index (χ2v) is 5.23. The fourth-order valence-electron chi connectivity index (χ4n) is 1.73. The molecule has 0 heterocycles. The summed E-state index contributed by atoms with van der Waals surface area (Å²) in [6.45, 7) is 4.88. The molecule has 0 atom stereocenters. The number of rotatable bonds is 5. The van der Waals surface area contributed by atoms with E-state index in [-0.39, 0.29) is 5.02 Å². The Morgan fingerprint density at radius 3 is 2.65 bits per heavy atom. The molecule has 0 fully saturated rings. The standard InChI is InChI=1S/C16H17ClFNO/c1-11(2)19-10-12-5-3-4-6-16(12)20-13-7-8-15(18)14(17)9-13/h3-9,11,19H,10H2,1-2H3. The summed E-state index contributed by atoms with van der Waals surface area (Å²) in [5.74, 6) is 0.811. The van der Waals surface area contributed by atoms with Crippen LogP contribution in [-0.2, 0) is 6.54 Å². The van der Waals surface area contributed by atoms with Gasteiger partial charge in [-0.25, -0.2) is 4.39 Å². The van der Waals surface area contributed by atoms with Crippen molar-refractivity contribution in [3.63, 3.8) is 0 Å². The number of halogens is 2. The smallest absolute Gasteiger partial charge is 0.142 e. The molecular formula is C16H17ClFNO. The van der Waals surface area contributed by atoms with Crippen LogP contribution >= 0.6 is 11.6 Å². The zero-order valence-corrected chi connectivity index (χ0v) is 12.2. The first kappa shape index (κ1) is 14.8. The minimum absolute atomic E-state index is 0.0558. The second-order valence-electron chi connectivity index (χ2n) is 4.82. The number of para-hydroxylation sites is 1. The summed E-state index contributed by atoms with van der Waals surface area (Å²) in [6, 6.07) is 12.5. The van der Waals surface area contributed by atoms with Gasteiger partial charge in [0, 0.05) is 24.2 Å². The maximum Gasteiger partial charge on any atom is 0.142 e. The molecule has 0 amide bonds. The lowest BCUT2D eigenvalue weighted by molar-refractivity contribution is 0.468. The molecule has 4 heteroatoms. The van der Waals surface area contributed by atoms with Gasteiger partial charge in [-0.1, -0.05) is 43.6 Å². The van der Waals surface area contributed by atoms with Gasteiger partial charge in [-0.2, -0.15) is 0 Å². The van der Waals surface area contributed by atoms with Crippen LogP contribution in [0.25, 0.3) is 0 Å². The summed E-state index contributed by atoms with van der Waals surface area (Å²) in [5, 5.41) is 3.40. The van der Waals surface area contributed by atoms with Crippen molar-refractivity contribution in [2.75, 3.05) is 0 Å². The molecule has 0 radical (unpaired) electrons. The van der Waals surface area contributed by atoms with Gasteiger partial charge in [-0.05, 0) is 18.2 Å². The summed E-state index contributed by atoms with van der Waals surface area (Å²) in [4.78, 5) is 0. The molecule has 20 heavy (non-hydrogen) atoms. The van der Waals surface area contributed by atoms with E-state index in [2.05, 4.69) is 19.2 Å². The van der Waals surface area contributed by atoms with Gasteiger partial charge in [0.25, 0.3) is 0 Å². The van der Waals surface area contributed by atoms with Crippen LogP contribution < -0.4 is 10.1 Å². The molecule has 2 aromatic rings. The van der Waals surface area contributed by atoms with E-state index < -0.39 is 5.82 Å². The maximum atomic E-state index is 13.1. The maximum absolute atomic E-state index is 13.1. The van der Waals surface area contributed by atoms with E-state index >= 15 is 0 Å². The Morgan fingerprint density at radius 1 is 1.20 bits per heavy atom. The molecule has 0 saturated carbocycles. The van der Waals surface area contributed by atoms with Gasteiger partial charge in [0.15, 0.2) is 0 Å². The van der Waals surface area contributed by atoms with Gasteiger partial charge in [0.05, 0.1) is 5.02 Å². The SMILES string of the molecule is CC(C)NCc1ccccc1Oc1ccc(F)c(Cl)c1. The van der Waals surface area contributed by atoms with Crippen LogP contribution in [-0.4, -0.2) is 6.04 Å². The average molecular weight is 294 g/mol. The quantitative estimate of drug-likeness (QED) is 0.857. The Kier molecular flexibility index (Phi) is 4.99. The first-order valence-corrected chi connectivity index (χ1v) is 6.88. The Hall–Kier alpha value is -1.58. The van der Waals surface area contributed by atoms with Crippen molar-refractivity contribution < 1.29 is 9.13 Å². The largest absolute Gasteiger partial charge is 0.457 e. The third-order valence-corrected chi connectivity index (χ3v) is 3.08.